The number of carbonyl (C=O) groups is 1. The molecule has 0 bridgehead atoms. The molecule has 0 spiro atoms. The Labute approximate surface area is 192 Å². The van der Waals surface area contributed by atoms with Crippen molar-refractivity contribution in [3.05, 3.63) is 57.6 Å². The molecule has 0 N–H and O–H groups in total. The lowest BCUT2D eigenvalue weighted by Gasteiger charge is -2.53. The Balaban J connectivity index is 2.28. The van der Waals surface area contributed by atoms with E-state index in [4.69, 9.17) is 4.74 Å². The molecule has 2 aromatic rings. The molecule has 6 heteroatoms. The van der Waals surface area contributed by atoms with Crippen LogP contribution in [0.15, 0.2) is 29.2 Å². The van der Waals surface area contributed by atoms with E-state index in [1.807, 2.05) is 60.6 Å². The number of esters is 1. The third-order valence-corrected chi connectivity index (χ3v) is 9.52. The zero-order valence-electron chi connectivity index (χ0n) is 20.6. The van der Waals surface area contributed by atoms with Crippen molar-refractivity contribution in [2.24, 2.45) is 17.8 Å². The van der Waals surface area contributed by atoms with Gasteiger partial charge in [-0.15, -0.1) is 0 Å². The molecule has 2 atom stereocenters. The van der Waals surface area contributed by atoms with E-state index in [0.717, 1.165) is 33.5 Å². The largest absolute Gasteiger partial charge is 0.469 e. The summed E-state index contributed by atoms with van der Waals surface area (Å²) in [6, 6.07) is 6.64. The number of hydrogen-bond acceptors (Lipinski definition) is 4. The molecule has 0 radical (unpaired) electrons. The van der Waals surface area contributed by atoms with Crippen molar-refractivity contribution in [2.75, 3.05) is 11.4 Å². The van der Waals surface area contributed by atoms with Gasteiger partial charge in [0.15, 0.2) is 0 Å². The van der Waals surface area contributed by atoms with Gasteiger partial charge in [0.25, 0.3) is 10.0 Å². The van der Waals surface area contributed by atoms with E-state index < -0.39 is 10.0 Å². The summed E-state index contributed by atoms with van der Waals surface area (Å²) in [5, 5.41) is 0. The first kappa shape index (κ1) is 24.3. The SMILES string of the molecule is COC(=O)C1C(C)C(N(c2c(C)c(C)c(C)c(C)c2C)S(=O)(=O)c2ccc(C)cc2)C1C. The van der Waals surface area contributed by atoms with Gasteiger partial charge in [-0.25, -0.2) is 8.42 Å². The Hall–Kier alpha value is -2.34. The summed E-state index contributed by atoms with van der Waals surface area (Å²) in [6.45, 7) is 16.0. The minimum Gasteiger partial charge on any atom is -0.469 e. The number of aryl methyl sites for hydroxylation is 1. The first-order chi connectivity index (χ1) is 14.9. The monoisotopic (exact) mass is 457 g/mol. The Bertz CT molecular complexity index is 1110. The fourth-order valence-corrected chi connectivity index (χ4v) is 7.22. The molecular formula is C26H35NO4S. The standard InChI is InChI=1S/C26H35NO4S/c1-14-10-12-22(13-11-14)32(29,30)27(25-20(7)23(21(25)8)26(28)31-9)24-18(5)16(3)15(2)17(4)19(24)6/h10-13,20-21,23,25H,1-9H3. The van der Waals surface area contributed by atoms with Gasteiger partial charge in [0.1, 0.15) is 0 Å². The third-order valence-electron chi connectivity index (χ3n) is 7.71. The Morgan fingerprint density at radius 1 is 0.812 bits per heavy atom. The van der Waals surface area contributed by atoms with E-state index in [0.29, 0.717) is 0 Å². The van der Waals surface area contributed by atoms with E-state index in [9.17, 15) is 13.2 Å². The van der Waals surface area contributed by atoms with Crippen LogP contribution in [0.4, 0.5) is 5.69 Å². The van der Waals surface area contributed by atoms with Crippen LogP contribution < -0.4 is 4.31 Å². The maximum Gasteiger partial charge on any atom is 0.309 e. The maximum absolute atomic E-state index is 14.1. The van der Waals surface area contributed by atoms with Crippen LogP contribution in [0.25, 0.3) is 0 Å². The van der Waals surface area contributed by atoms with E-state index in [2.05, 4.69) is 6.92 Å². The van der Waals surface area contributed by atoms with Crippen LogP contribution in [0.5, 0.6) is 0 Å². The van der Waals surface area contributed by atoms with Crippen LogP contribution in [0.3, 0.4) is 0 Å². The second kappa shape index (κ2) is 8.54. The van der Waals surface area contributed by atoms with Crippen LogP contribution in [0.1, 0.15) is 47.2 Å². The molecule has 0 heterocycles. The summed E-state index contributed by atoms with van der Waals surface area (Å²) in [7, 11) is -2.48. The van der Waals surface area contributed by atoms with Gasteiger partial charge in [-0.3, -0.25) is 9.10 Å². The molecule has 1 aliphatic rings. The highest BCUT2D eigenvalue weighted by Crippen LogP contribution is 2.49. The molecular weight excluding hydrogens is 422 g/mol. The fraction of sp³-hybridized carbons (Fsp3) is 0.500. The number of sulfonamides is 1. The molecule has 32 heavy (non-hydrogen) atoms. The summed E-state index contributed by atoms with van der Waals surface area (Å²) >= 11 is 0. The molecule has 0 saturated heterocycles. The van der Waals surface area contributed by atoms with Crippen molar-refractivity contribution in [1.82, 2.24) is 0 Å². The van der Waals surface area contributed by atoms with Gasteiger partial charge in [0.2, 0.25) is 0 Å². The summed E-state index contributed by atoms with van der Waals surface area (Å²) in [4.78, 5) is 12.6. The molecule has 2 aromatic carbocycles. The van der Waals surface area contributed by atoms with Crippen LogP contribution in [0, 0.1) is 59.3 Å². The van der Waals surface area contributed by atoms with Crippen LogP contribution in [0.2, 0.25) is 0 Å². The number of nitrogens with zero attached hydrogens (tertiary/aromatic N) is 1. The zero-order valence-corrected chi connectivity index (χ0v) is 21.4. The van der Waals surface area contributed by atoms with Crippen LogP contribution in [-0.2, 0) is 19.6 Å². The molecule has 5 nitrogen and oxygen atoms in total. The highest BCUT2D eigenvalue weighted by atomic mass is 32.2. The fourth-order valence-electron chi connectivity index (χ4n) is 5.29. The summed E-state index contributed by atoms with van der Waals surface area (Å²) in [5.74, 6) is -0.940. The molecule has 174 valence electrons. The molecule has 1 aliphatic carbocycles. The van der Waals surface area contributed by atoms with E-state index >= 15 is 0 Å². The summed E-state index contributed by atoms with van der Waals surface area (Å²) in [5.41, 5.74) is 7.02. The van der Waals surface area contributed by atoms with E-state index in [-0.39, 0.29) is 34.7 Å². The van der Waals surface area contributed by atoms with Crippen molar-refractivity contribution < 1.29 is 17.9 Å². The van der Waals surface area contributed by atoms with Gasteiger partial charge in [-0.05, 0) is 93.3 Å². The van der Waals surface area contributed by atoms with Crippen molar-refractivity contribution in [3.63, 3.8) is 0 Å². The van der Waals surface area contributed by atoms with Crippen molar-refractivity contribution in [1.29, 1.82) is 0 Å². The summed E-state index contributed by atoms with van der Waals surface area (Å²) < 4.78 is 34.9. The molecule has 2 unspecified atom stereocenters. The van der Waals surface area contributed by atoms with Crippen molar-refractivity contribution >= 4 is 21.7 Å². The normalized spacial score (nSPS) is 22.9. The number of methoxy groups -OCH3 is 1. The number of hydrogen-bond donors (Lipinski definition) is 0. The second-order valence-corrected chi connectivity index (χ2v) is 11.2. The quantitative estimate of drug-likeness (QED) is 0.581. The van der Waals surface area contributed by atoms with Crippen LogP contribution >= 0.6 is 0 Å². The molecule has 1 fully saturated rings. The highest BCUT2D eigenvalue weighted by molar-refractivity contribution is 7.92. The smallest absolute Gasteiger partial charge is 0.309 e. The second-order valence-electron chi connectivity index (χ2n) is 9.35. The first-order valence-electron chi connectivity index (χ1n) is 11.1. The predicted octanol–water partition coefficient (Wildman–Crippen LogP) is 5.18. The lowest BCUT2D eigenvalue weighted by molar-refractivity contribution is -0.156. The van der Waals surface area contributed by atoms with Crippen molar-refractivity contribution in [2.45, 2.75) is 66.3 Å². The predicted molar refractivity (Wildman–Crippen MR) is 129 cm³/mol. The molecule has 3 rings (SSSR count). The molecule has 0 aliphatic heterocycles. The number of carbonyl (C=O) groups excluding carboxylic acids is 1. The Morgan fingerprint density at radius 3 is 1.69 bits per heavy atom. The van der Waals surface area contributed by atoms with Gasteiger partial charge < -0.3 is 4.74 Å². The molecule has 0 aromatic heterocycles. The highest BCUT2D eigenvalue weighted by Gasteiger charge is 2.55. The lowest BCUT2D eigenvalue weighted by Crippen LogP contribution is -2.62. The minimum atomic E-state index is -3.86. The van der Waals surface area contributed by atoms with E-state index in [1.165, 1.54) is 12.7 Å². The van der Waals surface area contributed by atoms with Gasteiger partial charge in [-0.1, -0.05) is 31.5 Å². The molecule has 0 amide bonds. The van der Waals surface area contributed by atoms with Gasteiger partial charge >= 0.3 is 5.97 Å². The van der Waals surface area contributed by atoms with Gasteiger partial charge in [0, 0.05) is 0 Å². The van der Waals surface area contributed by atoms with Crippen molar-refractivity contribution in [3.8, 4) is 0 Å². The van der Waals surface area contributed by atoms with Gasteiger partial charge in [0.05, 0.1) is 29.7 Å². The zero-order chi connectivity index (χ0) is 24.1. The maximum atomic E-state index is 14.1. The number of rotatable bonds is 5. The average molecular weight is 458 g/mol. The Morgan fingerprint density at radius 2 is 1.25 bits per heavy atom. The topological polar surface area (TPSA) is 63.7 Å². The number of anilines is 1. The number of ether oxygens (including phenoxy) is 1. The third kappa shape index (κ3) is 3.62. The number of benzene rings is 2. The summed E-state index contributed by atoms with van der Waals surface area (Å²) in [6.07, 6.45) is 0. The van der Waals surface area contributed by atoms with Crippen LogP contribution in [-0.4, -0.2) is 27.5 Å². The minimum absolute atomic E-state index is 0.168. The average Bonchev–Trinajstić information content (AvgIpc) is 2.76. The van der Waals surface area contributed by atoms with Gasteiger partial charge in [-0.2, -0.15) is 0 Å². The Kier molecular flexibility index (Phi) is 6.49. The lowest BCUT2D eigenvalue weighted by atomic mass is 9.62. The molecule has 1 saturated carbocycles. The first-order valence-corrected chi connectivity index (χ1v) is 12.6. The van der Waals surface area contributed by atoms with E-state index in [1.54, 1.807) is 16.4 Å².